The second kappa shape index (κ2) is 7.50. The van der Waals surface area contributed by atoms with E-state index in [1.54, 1.807) is 0 Å². The summed E-state index contributed by atoms with van der Waals surface area (Å²) in [6.45, 7) is 5.49. The predicted molar refractivity (Wildman–Crippen MR) is 78.2 cm³/mol. The Morgan fingerprint density at radius 3 is 2.37 bits per heavy atom. The fraction of sp³-hybridized carbons (Fsp3) is 0.571. The van der Waals surface area contributed by atoms with Gasteiger partial charge in [0.2, 0.25) is 0 Å². The summed E-state index contributed by atoms with van der Waals surface area (Å²) in [7, 11) is -2.89. The number of sulfone groups is 1. The fourth-order valence-electron chi connectivity index (χ4n) is 1.54. The molecule has 1 N–H and O–H groups in total. The molecule has 0 heterocycles. The molecule has 108 valence electrons. The SMILES string of the molecule is CC(C)NCc1ccc(OCCCS(C)(=O)=O)cc1. The van der Waals surface area contributed by atoms with Crippen molar-refractivity contribution in [1.29, 1.82) is 0 Å². The van der Waals surface area contributed by atoms with Crippen LogP contribution in [-0.2, 0) is 16.4 Å². The highest BCUT2D eigenvalue weighted by atomic mass is 32.2. The summed E-state index contributed by atoms with van der Waals surface area (Å²) in [6, 6.07) is 8.32. The molecule has 0 aromatic heterocycles. The van der Waals surface area contributed by atoms with Gasteiger partial charge < -0.3 is 10.1 Å². The lowest BCUT2D eigenvalue weighted by Gasteiger charge is -2.09. The van der Waals surface area contributed by atoms with Crippen molar-refractivity contribution in [2.24, 2.45) is 0 Å². The van der Waals surface area contributed by atoms with Gasteiger partial charge >= 0.3 is 0 Å². The summed E-state index contributed by atoms with van der Waals surface area (Å²) in [4.78, 5) is 0. The maximum absolute atomic E-state index is 11.0. The van der Waals surface area contributed by atoms with Crippen molar-refractivity contribution in [1.82, 2.24) is 5.32 Å². The second-order valence-electron chi connectivity index (χ2n) is 5.01. The smallest absolute Gasteiger partial charge is 0.147 e. The van der Waals surface area contributed by atoms with Gasteiger partial charge in [0.1, 0.15) is 15.6 Å². The van der Waals surface area contributed by atoms with Crippen LogP contribution in [0.4, 0.5) is 0 Å². The third-order valence-electron chi connectivity index (χ3n) is 2.57. The van der Waals surface area contributed by atoms with Crippen LogP contribution in [0.2, 0.25) is 0 Å². The summed E-state index contributed by atoms with van der Waals surface area (Å²) in [6.07, 6.45) is 1.76. The van der Waals surface area contributed by atoms with Crippen LogP contribution >= 0.6 is 0 Å². The molecule has 0 spiro atoms. The third-order valence-corrected chi connectivity index (χ3v) is 3.60. The summed E-state index contributed by atoms with van der Waals surface area (Å²) >= 11 is 0. The molecule has 0 aliphatic heterocycles. The lowest BCUT2D eigenvalue weighted by Crippen LogP contribution is -2.21. The molecule has 0 bridgehead atoms. The first-order valence-electron chi connectivity index (χ1n) is 6.49. The van der Waals surface area contributed by atoms with Crippen LogP contribution in [0.15, 0.2) is 24.3 Å². The second-order valence-corrected chi connectivity index (χ2v) is 7.27. The monoisotopic (exact) mass is 285 g/mol. The van der Waals surface area contributed by atoms with E-state index in [1.165, 1.54) is 11.8 Å². The zero-order valence-corrected chi connectivity index (χ0v) is 12.7. The van der Waals surface area contributed by atoms with Gasteiger partial charge in [-0.1, -0.05) is 26.0 Å². The molecule has 0 saturated carbocycles. The zero-order valence-electron chi connectivity index (χ0n) is 11.8. The quantitative estimate of drug-likeness (QED) is 0.742. The third kappa shape index (κ3) is 7.85. The van der Waals surface area contributed by atoms with Gasteiger partial charge in [-0.25, -0.2) is 8.42 Å². The number of hydrogen-bond acceptors (Lipinski definition) is 4. The van der Waals surface area contributed by atoms with Gasteiger partial charge in [0.25, 0.3) is 0 Å². The molecule has 0 amide bonds. The Labute approximate surface area is 116 Å². The minimum atomic E-state index is -2.89. The van der Waals surface area contributed by atoms with Crippen LogP contribution in [0.3, 0.4) is 0 Å². The van der Waals surface area contributed by atoms with Crippen LogP contribution in [-0.4, -0.2) is 33.1 Å². The number of benzene rings is 1. The Morgan fingerprint density at radius 2 is 1.84 bits per heavy atom. The van der Waals surface area contributed by atoms with Crippen molar-refractivity contribution in [3.05, 3.63) is 29.8 Å². The molecule has 0 radical (unpaired) electrons. The van der Waals surface area contributed by atoms with Crippen molar-refractivity contribution in [2.45, 2.75) is 32.9 Å². The highest BCUT2D eigenvalue weighted by molar-refractivity contribution is 7.90. The molecule has 5 heteroatoms. The first-order chi connectivity index (χ1) is 8.87. The maximum Gasteiger partial charge on any atom is 0.147 e. The lowest BCUT2D eigenvalue weighted by molar-refractivity contribution is 0.317. The number of rotatable bonds is 8. The first-order valence-corrected chi connectivity index (χ1v) is 8.56. The maximum atomic E-state index is 11.0. The molecule has 0 aliphatic rings. The number of nitrogens with one attached hydrogen (secondary N) is 1. The van der Waals surface area contributed by atoms with Gasteiger partial charge in [-0.3, -0.25) is 0 Å². The van der Waals surface area contributed by atoms with Crippen LogP contribution in [0.1, 0.15) is 25.8 Å². The molecule has 1 aromatic rings. The number of ether oxygens (including phenoxy) is 1. The van der Waals surface area contributed by atoms with Crippen molar-refractivity contribution in [3.8, 4) is 5.75 Å². The Kier molecular flexibility index (Phi) is 6.31. The Balaban J connectivity index is 2.32. The molecule has 4 nitrogen and oxygen atoms in total. The van der Waals surface area contributed by atoms with E-state index in [9.17, 15) is 8.42 Å². The van der Waals surface area contributed by atoms with Gasteiger partial charge in [-0.2, -0.15) is 0 Å². The van der Waals surface area contributed by atoms with E-state index in [1.807, 2.05) is 24.3 Å². The Morgan fingerprint density at radius 1 is 1.21 bits per heavy atom. The molecular formula is C14H23NO3S. The normalized spacial score (nSPS) is 11.8. The van der Waals surface area contributed by atoms with E-state index >= 15 is 0 Å². The first kappa shape index (κ1) is 16.0. The lowest BCUT2D eigenvalue weighted by atomic mass is 10.2. The van der Waals surface area contributed by atoms with Gasteiger partial charge in [0.05, 0.1) is 12.4 Å². The molecule has 0 saturated heterocycles. The highest BCUT2D eigenvalue weighted by Crippen LogP contribution is 2.12. The molecule has 0 unspecified atom stereocenters. The standard InChI is InChI=1S/C14H23NO3S/c1-12(2)15-11-13-5-7-14(8-6-13)18-9-4-10-19(3,16)17/h5-8,12,15H,4,9-11H2,1-3H3. The average Bonchev–Trinajstić information content (AvgIpc) is 2.32. The van der Waals surface area contributed by atoms with Crippen LogP contribution in [0.5, 0.6) is 5.75 Å². The van der Waals surface area contributed by atoms with Crippen molar-refractivity contribution < 1.29 is 13.2 Å². The largest absolute Gasteiger partial charge is 0.494 e. The molecule has 19 heavy (non-hydrogen) atoms. The topological polar surface area (TPSA) is 55.4 Å². The van der Waals surface area contributed by atoms with Crippen LogP contribution in [0.25, 0.3) is 0 Å². The Bertz CT molecular complexity index is 466. The Hall–Kier alpha value is -1.07. The predicted octanol–water partition coefficient (Wildman–Crippen LogP) is 2.00. The molecular weight excluding hydrogens is 262 g/mol. The average molecular weight is 285 g/mol. The van der Waals surface area contributed by atoms with Crippen molar-refractivity contribution in [3.63, 3.8) is 0 Å². The van der Waals surface area contributed by atoms with E-state index in [-0.39, 0.29) is 5.75 Å². The van der Waals surface area contributed by atoms with Gasteiger partial charge in [0, 0.05) is 18.8 Å². The van der Waals surface area contributed by atoms with Crippen LogP contribution in [0, 0.1) is 0 Å². The van der Waals surface area contributed by atoms with Gasteiger partial charge in [0.15, 0.2) is 0 Å². The fourth-order valence-corrected chi connectivity index (χ4v) is 2.18. The summed E-state index contributed by atoms with van der Waals surface area (Å²) < 4.78 is 27.4. The molecule has 0 fully saturated rings. The zero-order chi connectivity index (χ0) is 14.3. The van der Waals surface area contributed by atoms with Gasteiger partial charge in [-0.05, 0) is 24.1 Å². The van der Waals surface area contributed by atoms with E-state index in [0.717, 1.165) is 12.3 Å². The summed E-state index contributed by atoms with van der Waals surface area (Å²) in [5, 5.41) is 3.34. The summed E-state index contributed by atoms with van der Waals surface area (Å²) in [5.74, 6) is 0.949. The minimum absolute atomic E-state index is 0.170. The minimum Gasteiger partial charge on any atom is -0.494 e. The van der Waals surface area contributed by atoms with E-state index in [4.69, 9.17) is 4.74 Å². The molecule has 1 aromatic carbocycles. The summed E-state index contributed by atoms with van der Waals surface area (Å²) in [5.41, 5.74) is 1.21. The van der Waals surface area contributed by atoms with Crippen molar-refractivity contribution in [2.75, 3.05) is 18.6 Å². The van der Waals surface area contributed by atoms with Crippen LogP contribution < -0.4 is 10.1 Å². The van der Waals surface area contributed by atoms with E-state index in [0.29, 0.717) is 19.1 Å². The highest BCUT2D eigenvalue weighted by Gasteiger charge is 2.02. The van der Waals surface area contributed by atoms with Crippen molar-refractivity contribution >= 4 is 9.84 Å². The van der Waals surface area contributed by atoms with E-state index < -0.39 is 9.84 Å². The van der Waals surface area contributed by atoms with Gasteiger partial charge in [-0.15, -0.1) is 0 Å². The molecule has 0 aliphatic carbocycles. The molecule has 1 rings (SSSR count). The van der Waals surface area contributed by atoms with E-state index in [2.05, 4.69) is 19.2 Å². The number of hydrogen-bond donors (Lipinski definition) is 1. The molecule has 0 atom stereocenters.